The number of aromatic nitrogens is 1. The molecule has 0 aliphatic carbocycles. The van der Waals surface area contributed by atoms with Crippen LogP contribution in [-0.2, 0) is 15.0 Å². The molecular formula is C28H28N2O4. The van der Waals surface area contributed by atoms with Crippen molar-refractivity contribution in [2.45, 2.75) is 39.2 Å². The third kappa shape index (κ3) is 4.07. The van der Waals surface area contributed by atoms with Crippen LogP contribution in [0.4, 0.5) is 5.69 Å². The van der Waals surface area contributed by atoms with Crippen LogP contribution in [0.2, 0.25) is 0 Å². The highest BCUT2D eigenvalue weighted by molar-refractivity contribution is 6.51. The van der Waals surface area contributed by atoms with Gasteiger partial charge in [-0.05, 0) is 54.8 Å². The first-order chi connectivity index (χ1) is 16.1. The zero-order valence-corrected chi connectivity index (χ0v) is 20.0. The molecule has 1 N–H and O–H groups in total. The molecule has 1 saturated heterocycles. The van der Waals surface area contributed by atoms with E-state index in [1.165, 1.54) is 4.90 Å². The second kappa shape index (κ2) is 8.78. The summed E-state index contributed by atoms with van der Waals surface area (Å²) in [5, 5.41) is 11.4. The molecule has 1 fully saturated rings. The number of carbonyl (C=O) groups is 2. The number of aliphatic hydroxyl groups is 1. The Bertz CT molecular complexity index is 1270. The first-order valence-corrected chi connectivity index (χ1v) is 11.1. The standard InChI is InChI=1S/C28H28N2O4/c1-17-9-12-19(13-10-17)30-24(21-8-6-7-15-29-21)23(26(32)27(30)33)25(31)18-11-14-22(34-5)20(16-18)28(2,3)4/h6-16,24,31H,1-5H3/b25-23-. The Hall–Kier alpha value is -3.93. The Morgan fingerprint density at radius 2 is 1.74 bits per heavy atom. The van der Waals surface area contributed by atoms with E-state index in [-0.39, 0.29) is 16.7 Å². The quantitative estimate of drug-likeness (QED) is 0.326. The molecule has 1 atom stereocenters. The topological polar surface area (TPSA) is 79.7 Å². The number of nitrogens with zero attached hydrogens (tertiary/aromatic N) is 2. The summed E-state index contributed by atoms with van der Waals surface area (Å²) in [6.45, 7) is 8.07. The van der Waals surface area contributed by atoms with E-state index in [0.29, 0.717) is 22.7 Å². The van der Waals surface area contributed by atoms with E-state index in [2.05, 4.69) is 4.98 Å². The van der Waals surface area contributed by atoms with Gasteiger partial charge in [-0.3, -0.25) is 19.5 Å². The Morgan fingerprint density at radius 3 is 2.32 bits per heavy atom. The summed E-state index contributed by atoms with van der Waals surface area (Å²) in [4.78, 5) is 32.4. The largest absolute Gasteiger partial charge is 0.507 e. The number of methoxy groups -OCH3 is 1. The first-order valence-electron chi connectivity index (χ1n) is 11.1. The van der Waals surface area contributed by atoms with Crippen LogP contribution < -0.4 is 9.64 Å². The van der Waals surface area contributed by atoms with Gasteiger partial charge >= 0.3 is 0 Å². The molecule has 1 aliphatic heterocycles. The fourth-order valence-corrected chi connectivity index (χ4v) is 4.22. The molecule has 0 spiro atoms. The van der Waals surface area contributed by atoms with E-state index < -0.39 is 17.7 Å². The minimum atomic E-state index is -0.857. The number of amides is 1. The van der Waals surface area contributed by atoms with Crippen LogP contribution >= 0.6 is 0 Å². The van der Waals surface area contributed by atoms with Gasteiger partial charge in [0.25, 0.3) is 11.7 Å². The zero-order chi connectivity index (χ0) is 24.6. The number of anilines is 1. The third-order valence-electron chi connectivity index (χ3n) is 6.01. The van der Waals surface area contributed by atoms with Crippen molar-refractivity contribution in [3.05, 3.63) is 94.8 Å². The van der Waals surface area contributed by atoms with Crippen molar-refractivity contribution >= 4 is 23.1 Å². The summed E-state index contributed by atoms with van der Waals surface area (Å²) in [6, 6.07) is 17.1. The van der Waals surface area contributed by atoms with Gasteiger partial charge in [0.2, 0.25) is 0 Å². The van der Waals surface area contributed by atoms with Gasteiger partial charge in [0.05, 0.1) is 18.4 Å². The lowest BCUT2D eigenvalue weighted by atomic mass is 9.84. The van der Waals surface area contributed by atoms with E-state index in [0.717, 1.165) is 11.1 Å². The van der Waals surface area contributed by atoms with Gasteiger partial charge < -0.3 is 9.84 Å². The van der Waals surface area contributed by atoms with Gasteiger partial charge in [-0.1, -0.05) is 44.5 Å². The summed E-state index contributed by atoms with van der Waals surface area (Å²) < 4.78 is 5.51. The lowest BCUT2D eigenvalue weighted by molar-refractivity contribution is -0.132. The van der Waals surface area contributed by atoms with Crippen molar-refractivity contribution < 1.29 is 19.4 Å². The monoisotopic (exact) mass is 456 g/mol. The van der Waals surface area contributed by atoms with Crippen LogP contribution in [0.5, 0.6) is 5.75 Å². The second-order valence-electron chi connectivity index (χ2n) is 9.42. The maximum Gasteiger partial charge on any atom is 0.300 e. The fraction of sp³-hybridized carbons (Fsp3) is 0.250. The smallest absolute Gasteiger partial charge is 0.300 e. The van der Waals surface area contributed by atoms with Crippen molar-refractivity contribution in [3.63, 3.8) is 0 Å². The summed E-state index contributed by atoms with van der Waals surface area (Å²) in [5.41, 5.74) is 3.14. The van der Waals surface area contributed by atoms with Crippen molar-refractivity contribution in [1.29, 1.82) is 0 Å². The third-order valence-corrected chi connectivity index (χ3v) is 6.01. The molecule has 4 rings (SSSR count). The van der Waals surface area contributed by atoms with E-state index in [1.807, 2.05) is 45.9 Å². The average molecular weight is 457 g/mol. The molecule has 0 radical (unpaired) electrons. The SMILES string of the molecule is COc1ccc(/C(O)=C2/C(=O)C(=O)N(c3ccc(C)cc3)C2c2ccccn2)cc1C(C)(C)C. The molecule has 174 valence electrons. The summed E-state index contributed by atoms with van der Waals surface area (Å²) in [7, 11) is 1.60. The molecular weight excluding hydrogens is 428 g/mol. The molecule has 1 unspecified atom stereocenters. The molecule has 0 bridgehead atoms. The van der Waals surface area contributed by atoms with Gasteiger partial charge in [-0.2, -0.15) is 0 Å². The average Bonchev–Trinajstić information content (AvgIpc) is 3.09. The molecule has 0 saturated carbocycles. The molecule has 6 heteroatoms. The van der Waals surface area contributed by atoms with Gasteiger partial charge in [-0.25, -0.2) is 0 Å². The maximum absolute atomic E-state index is 13.3. The second-order valence-corrected chi connectivity index (χ2v) is 9.42. The number of hydrogen-bond donors (Lipinski definition) is 1. The summed E-state index contributed by atoms with van der Waals surface area (Å²) >= 11 is 0. The first kappa shape index (κ1) is 23.2. The number of ether oxygens (including phenoxy) is 1. The van der Waals surface area contributed by atoms with Crippen LogP contribution in [0.25, 0.3) is 5.76 Å². The van der Waals surface area contributed by atoms with Gasteiger partial charge in [0.1, 0.15) is 17.6 Å². The van der Waals surface area contributed by atoms with Crippen LogP contribution in [0.1, 0.15) is 49.2 Å². The summed E-state index contributed by atoms with van der Waals surface area (Å²) in [6.07, 6.45) is 1.61. The molecule has 3 aromatic rings. The highest BCUT2D eigenvalue weighted by Crippen LogP contribution is 2.42. The fourth-order valence-electron chi connectivity index (χ4n) is 4.22. The van der Waals surface area contributed by atoms with Crippen LogP contribution in [0, 0.1) is 6.92 Å². The molecule has 1 aromatic heterocycles. The zero-order valence-electron chi connectivity index (χ0n) is 20.0. The Labute approximate surface area is 199 Å². The van der Waals surface area contributed by atoms with E-state index in [1.54, 1.807) is 55.8 Å². The molecule has 6 nitrogen and oxygen atoms in total. The lowest BCUT2D eigenvalue weighted by Gasteiger charge is -2.25. The van der Waals surface area contributed by atoms with Crippen LogP contribution in [0.15, 0.2) is 72.4 Å². The number of benzene rings is 2. The highest BCUT2D eigenvalue weighted by Gasteiger charge is 2.47. The Kier molecular flexibility index (Phi) is 6.00. The molecule has 1 amide bonds. The molecule has 1 aliphatic rings. The minimum absolute atomic E-state index is 0.00861. The van der Waals surface area contributed by atoms with Gasteiger partial charge in [-0.15, -0.1) is 0 Å². The van der Waals surface area contributed by atoms with Gasteiger partial charge in [0.15, 0.2) is 0 Å². The highest BCUT2D eigenvalue weighted by atomic mass is 16.5. The minimum Gasteiger partial charge on any atom is -0.507 e. The lowest BCUT2D eigenvalue weighted by Crippen LogP contribution is -2.29. The normalized spacial score (nSPS) is 17.8. The van der Waals surface area contributed by atoms with Gasteiger partial charge in [0, 0.05) is 23.0 Å². The predicted molar refractivity (Wildman–Crippen MR) is 132 cm³/mol. The number of pyridine rings is 1. The predicted octanol–water partition coefficient (Wildman–Crippen LogP) is 5.32. The number of aryl methyl sites for hydroxylation is 1. The number of rotatable bonds is 4. The van der Waals surface area contributed by atoms with Crippen molar-refractivity contribution in [2.24, 2.45) is 0 Å². The van der Waals surface area contributed by atoms with Crippen molar-refractivity contribution in [1.82, 2.24) is 4.98 Å². The maximum atomic E-state index is 13.3. The Balaban J connectivity index is 1.94. The van der Waals surface area contributed by atoms with Crippen molar-refractivity contribution in [3.8, 4) is 5.75 Å². The molecule has 2 aromatic carbocycles. The number of carbonyl (C=O) groups excluding carboxylic acids is 2. The number of Topliss-reactive ketones (excluding diaryl/α,β-unsaturated/α-hetero) is 1. The number of hydrogen-bond acceptors (Lipinski definition) is 5. The van der Waals surface area contributed by atoms with Crippen LogP contribution in [0.3, 0.4) is 0 Å². The van der Waals surface area contributed by atoms with E-state index in [4.69, 9.17) is 4.74 Å². The van der Waals surface area contributed by atoms with E-state index >= 15 is 0 Å². The van der Waals surface area contributed by atoms with E-state index in [9.17, 15) is 14.7 Å². The summed E-state index contributed by atoms with van der Waals surface area (Å²) in [5.74, 6) is -1.00. The number of aliphatic hydroxyl groups excluding tert-OH is 1. The molecule has 34 heavy (non-hydrogen) atoms. The number of ketones is 1. The Morgan fingerprint density at radius 1 is 1.03 bits per heavy atom. The van der Waals surface area contributed by atoms with Crippen molar-refractivity contribution in [2.75, 3.05) is 12.0 Å². The molecule has 2 heterocycles. The van der Waals surface area contributed by atoms with Crippen LogP contribution in [-0.4, -0.2) is 28.9 Å².